The molecule has 1 amide bonds. The SMILES string of the molecule is CC(C)c1cc2c(cn1)C(=O)CC(CC(C)c1ccc3c(n1)NC(=O)CC3)C2. The molecule has 0 fully saturated rings. The summed E-state index contributed by atoms with van der Waals surface area (Å²) in [5, 5.41) is 2.88. The lowest BCUT2D eigenvalue weighted by molar-refractivity contribution is -0.116. The summed E-state index contributed by atoms with van der Waals surface area (Å²) in [5.74, 6) is 1.84. The van der Waals surface area contributed by atoms with Gasteiger partial charge in [-0.15, -0.1) is 0 Å². The molecule has 2 aromatic heterocycles. The molecule has 1 N–H and O–H groups in total. The molecule has 146 valence electrons. The summed E-state index contributed by atoms with van der Waals surface area (Å²) >= 11 is 0. The fourth-order valence-electron chi connectivity index (χ4n) is 4.32. The van der Waals surface area contributed by atoms with Crippen LogP contribution in [0.4, 0.5) is 5.82 Å². The first-order chi connectivity index (χ1) is 13.4. The molecule has 0 spiro atoms. The van der Waals surface area contributed by atoms with Crippen molar-refractivity contribution in [2.45, 2.75) is 64.7 Å². The quantitative estimate of drug-likeness (QED) is 0.856. The minimum atomic E-state index is 0.0360. The van der Waals surface area contributed by atoms with E-state index in [1.807, 2.05) is 0 Å². The summed E-state index contributed by atoms with van der Waals surface area (Å²) in [5.41, 5.74) is 5.07. The third-order valence-electron chi connectivity index (χ3n) is 5.96. The molecular weight excluding hydrogens is 350 g/mol. The molecule has 3 heterocycles. The van der Waals surface area contributed by atoms with Crippen molar-refractivity contribution >= 4 is 17.5 Å². The van der Waals surface area contributed by atoms with Crippen LogP contribution in [0.5, 0.6) is 0 Å². The van der Waals surface area contributed by atoms with Gasteiger partial charge in [0.2, 0.25) is 5.91 Å². The van der Waals surface area contributed by atoms with Crippen molar-refractivity contribution in [2.24, 2.45) is 5.92 Å². The zero-order valence-corrected chi connectivity index (χ0v) is 16.8. The summed E-state index contributed by atoms with van der Waals surface area (Å²) in [4.78, 5) is 33.4. The summed E-state index contributed by atoms with van der Waals surface area (Å²) in [6, 6.07) is 6.26. The lowest BCUT2D eigenvalue weighted by Crippen LogP contribution is -2.23. The molecule has 5 nitrogen and oxygen atoms in total. The third-order valence-corrected chi connectivity index (χ3v) is 5.96. The van der Waals surface area contributed by atoms with Gasteiger partial charge in [-0.25, -0.2) is 4.98 Å². The number of nitrogens with one attached hydrogen (secondary N) is 1. The van der Waals surface area contributed by atoms with Crippen LogP contribution >= 0.6 is 0 Å². The molecule has 28 heavy (non-hydrogen) atoms. The number of Topliss-reactive ketones (excluding diaryl/α,β-unsaturated/α-hetero) is 1. The molecule has 2 aromatic rings. The maximum absolute atomic E-state index is 12.6. The number of hydrogen-bond acceptors (Lipinski definition) is 4. The van der Waals surface area contributed by atoms with Crippen LogP contribution in [0.2, 0.25) is 0 Å². The molecule has 1 aliphatic carbocycles. The Bertz CT molecular complexity index is 935. The number of aryl methyl sites for hydroxylation is 1. The van der Waals surface area contributed by atoms with Crippen molar-refractivity contribution in [1.82, 2.24) is 9.97 Å². The number of anilines is 1. The highest BCUT2D eigenvalue weighted by Gasteiger charge is 2.28. The van der Waals surface area contributed by atoms with Gasteiger partial charge in [-0.05, 0) is 60.3 Å². The number of amides is 1. The molecule has 1 aliphatic heterocycles. The normalized spacial score (nSPS) is 19.8. The molecular formula is C23H27N3O2. The van der Waals surface area contributed by atoms with E-state index in [-0.39, 0.29) is 17.6 Å². The second-order valence-corrected chi connectivity index (χ2v) is 8.55. The number of carbonyl (C=O) groups is 2. The van der Waals surface area contributed by atoms with Gasteiger partial charge in [0, 0.05) is 36.0 Å². The van der Waals surface area contributed by atoms with Crippen LogP contribution in [0.25, 0.3) is 0 Å². The van der Waals surface area contributed by atoms with Gasteiger partial charge in [0.25, 0.3) is 0 Å². The summed E-state index contributed by atoms with van der Waals surface area (Å²) in [6.45, 7) is 6.41. The van der Waals surface area contributed by atoms with Crippen molar-refractivity contribution in [3.05, 3.63) is 52.5 Å². The monoisotopic (exact) mass is 377 g/mol. The van der Waals surface area contributed by atoms with Crippen LogP contribution in [-0.2, 0) is 17.6 Å². The molecule has 0 bridgehead atoms. The molecule has 4 rings (SSSR count). The van der Waals surface area contributed by atoms with Crippen LogP contribution in [0.15, 0.2) is 24.4 Å². The van der Waals surface area contributed by atoms with E-state index >= 15 is 0 Å². The highest BCUT2D eigenvalue weighted by atomic mass is 16.1. The number of carbonyl (C=O) groups excluding carboxylic acids is 2. The van der Waals surface area contributed by atoms with Gasteiger partial charge in [0.15, 0.2) is 5.78 Å². The smallest absolute Gasteiger partial charge is 0.225 e. The lowest BCUT2D eigenvalue weighted by atomic mass is 9.78. The van der Waals surface area contributed by atoms with Gasteiger partial charge in [-0.3, -0.25) is 14.6 Å². The standard InChI is InChI=1S/C23H27N3O2/c1-13(2)20-11-17-9-15(10-21(27)18(17)12-24-20)8-14(3)19-6-4-16-5-7-22(28)26-23(16)25-19/h4,6,11-15H,5,7-10H2,1-3H3,(H,25,26,28). The molecule has 0 aromatic carbocycles. The van der Waals surface area contributed by atoms with Crippen molar-refractivity contribution in [1.29, 1.82) is 0 Å². The van der Waals surface area contributed by atoms with Crippen molar-refractivity contribution < 1.29 is 9.59 Å². The predicted octanol–water partition coefficient (Wildman–Crippen LogP) is 4.42. The van der Waals surface area contributed by atoms with E-state index in [1.54, 1.807) is 6.20 Å². The minimum Gasteiger partial charge on any atom is -0.310 e. The number of ketones is 1. The number of aromatic nitrogens is 2. The molecule has 2 unspecified atom stereocenters. The summed E-state index contributed by atoms with van der Waals surface area (Å²) < 4.78 is 0. The van der Waals surface area contributed by atoms with Crippen LogP contribution in [0.1, 0.15) is 84.7 Å². The maximum atomic E-state index is 12.6. The van der Waals surface area contributed by atoms with E-state index in [0.29, 0.717) is 30.5 Å². The highest BCUT2D eigenvalue weighted by molar-refractivity contribution is 5.98. The minimum absolute atomic E-state index is 0.0360. The van der Waals surface area contributed by atoms with Crippen LogP contribution in [0, 0.1) is 5.92 Å². The molecule has 0 saturated heterocycles. The number of fused-ring (bicyclic) bond motifs is 2. The average molecular weight is 377 g/mol. The number of hydrogen-bond donors (Lipinski definition) is 1. The molecule has 5 heteroatoms. The first-order valence-electron chi connectivity index (χ1n) is 10.2. The Morgan fingerprint density at radius 3 is 2.68 bits per heavy atom. The zero-order valence-electron chi connectivity index (χ0n) is 16.8. The van der Waals surface area contributed by atoms with Gasteiger partial charge in [-0.1, -0.05) is 26.8 Å². The third kappa shape index (κ3) is 3.71. The number of rotatable bonds is 4. The van der Waals surface area contributed by atoms with Crippen molar-refractivity contribution in [3.63, 3.8) is 0 Å². The second kappa shape index (κ2) is 7.46. The Morgan fingerprint density at radius 1 is 1.07 bits per heavy atom. The summed E-state index contributed by atoms with van der Waals surface area (Å²) in [6.07, 6.45) is 5.44. The van der Waals surface area contributed by atoms with Gasteiger partial charge >= 0.3 is 0 Å². The van der Waals surface area contributed by atoms with Crippen molar-refractivity contribution in [3.8, 4) is 0 Å². The Labute approximate surface area is 166 Å². The fourth-order valence-corrected chi connectivity index (χ4v) is 4.32. The fraction of sp³-hybridized carbons (Fsp3) is 0.478. The first kappa shape index (κ1) is 18.8. The van der Waals surface area contributed by atoms with E-state index in [1.165, 1.54) is 0 Å². The van der Waals surface area contributed by atoms with Gasteiger partial charge in [-0.2, -0.15) is 0 Å². The molecule has 2 aliphatic rings. The molecule has 2 atom stereocenters. The topological polar surface area (TPSA) is 72.0 Å². The lowest BCUT2D eigenvalue weighted by Gasteiger charge is -2.27. The molecule has 0 radical (unpaired) electrons. The van der Waals surface area contributed by atoms with Crippen LogP contribution in [0.3, 0.4) is 0 Å². The van der Waals surface area contributed by atoms with E-state index in [2.05, 4.69) is 49.3 Å². The average Bonchev–Trinajstić information content (AvgIpc) is 2.66. The first-order valence-corrected chi connectivity index (χ1v) is 10.2. The Balaban J connectivity index is 1.50. The van der Waals surface area contributed by atoms with Crippen LogP contribution < -0.4 is 5.32 Å². The van der Waals surface area contributed by atoms with Gasteiger partial charge in [0.05, 0.1) is 0 Å². The van der Waals surface area contributed by atoms with Crippen molar-refractivity contribution in [2.75, 3.05) is 5.32 Å². The number of nitrogens with zero attached hydrogens (tertiary/aromatic N) is 2. The Hall–Kier alpha value is -2.56. The Kier molecular flexibility index (Phi) is 5.00. The van der Waals surface area contributed by atoms with Crippen LogP contribution in [-0.4, -0.2) is 21.7 Å². The number of pyridine rings is 2. The maximum Gasteiger partial charge on any atom is 0.225 e. The van der Waals surface area contributed by atoms with E-state index in [4.69, 9.17) is 4.98 Å². The van der Waals surface area contributed by atoms with Gasteiger partial charge in [0.1, 0.15) is 5.82 Å². The predicted molar refractivity (Wildman–Crippen MR) is 109 cm³/mol. The van der Waals surface area contributed by atoms with E-state index in [9.17, 15) is 9.59 Å². The molecule has 0 saturated carbocycles. The largest absolute Gasteiger partial charge is 0.310 e. The summed E-state index contributed by atoms with van der Waals surface area (Å²) in [7, 11) is 0. The second-order valence-electron chi connectivity index (χ2n) is 8.55. The zero-order chi connectivity index (χ0) is 19.8. The van der Waals surface area contributed by atoms with Gasteiger partial charge < -0.3 is 5.32 Å². The van der Waals surface area contributed by atoms with E-state index in [0.717, 1.165) is 47.3 Å². The Morgan fingerprint density at radius 2 is 1.89 bits per heavy atom. The highest BCUT2D eigenvalue weighted by Crippen LogP contribution is 2.34. The van der Waals surface area contributed by atoms with E-state index < -0.39 is 0 Å².